The van der Waals surface area contributed by atoms with Gasteiger partial charge in [-0.15, -0.1) is 0 Å². The number of hydrogen-bond acceptors (Lipinski definition) is 1. The molecule has 0 spiro atoms. The Morgan fingerprint density at radius 1 is 1.00 bits per heavy atom. The first-order valence-corrected chi connectivity index (χ1v) is 5.83. The minimum atomic E-state index is -0.470. The number of nitrogens with two attached hydrogens (primary N) is 1. The summed E-state index contributed by atoms with van der Waals surface area (Å²) in [4.78, 5) is 0. The Balaban J connectivity index is 2.36. The van der Waals surface area contributed by atoms with Gasteiger partial charge in [0.1, 0.15) is 11.6 Å². The van der Waals surface area contributed by atoms with Crippen molar-refractivity contribution in [1.82, 2.24) is 0 Å². The third-order valence-corrected chi connectivity index (χ3v) is 3.12. The van der Waals surface area contributed by atoms with E-state index in [1.807, 2.05) is 0 Å². The number of halogens is 3. The lowest BCUT2D eigenvalue weighted by Crippen LogP contribution is -2.12. The van der Waals surface area contributed by atoms with Gasteiger partial charge < -0.3 is 5.73 Å². The van der Waals surface area contributed by atoms with Crippen LogP contribution in [-0.4, -0.2) is 0 Å². The van der Waals surface area contributed by atoms with E-state index in [1.165, 1.54) is 18.2 Å². The molecule has 0 aliphatic carbocycles. The van der Waals surface area contributed by atoms with Crippen LogP contribution < -0.4 is 5.73 Å². The Morgan fingerprint density at radius 2 is 1.71 bits per heavy atom. The van der Waals surface area contributed by atoms with Crippen molar-refractivity contribution in [2.24, 2.45) is 5.73 Å². The van der Waals surface area contributed by atoms with Gasteiger partial charge in [0.25, 0.3) is 0 Å². The van der Waals surface area contributed by atoms with Crippen LogP contribution in [0.1, 0.15) is 17.2 Å². The lowest BCUT2D eigenvalue weighted by molar-refractivity contribution is 0.617. The van der Waals surface area contributed by atoms with E-state index < -0.39 is 6.04 Å². The van der Waals surface area contributed by atoms with Crippen molar-refractivity contribution >= 4 is 15.9 Å². The fourth-order valence-electron chi connectivity index (χ4n) is 1.60. The summed E-state index contributed by atoms with van der Waals surface area (Å²) in [5.74, 6) is -0.681. The smallest absolute Gasteiger partial charge is 0.137 e. The zero-order valence-electron chi connectivity index (χ0n) is 8.83. The molecule has 2 aromatic rings. The average Bonchev–Trinajstić information content (AvgIpc) is 2.32. The summed E-state index contributed by atoms with van der Waals surface area (Å²) in [7, 11) is 0. The molecule has 1 atom stereocenters. The van der Waals surface area contributed by atoms with E-state index in [2.05, 4.69) is 15.9 Å². The van der Waals surface area contributed by atoms with E-state index in [1.54, 1.807) is 24.3 Å². The quantitative estimate of drug-likeness (QED) is 0.897. The van der Waals surface area contributed by atoms with E-state index in [0.29, 0.717) is 10.0 Å². The third-order valence-electron chi connectivity index (χ3n) is 2.51. The predicted molar refractivity (Wildman–Crippen MR) is 66.5 cm³/mol. The minimum absolute atomic E-state index is 0.334. The maximum absolute atomic E-state index is 13.1. The summed E-state index contributed by atoms with van der Waals surface area (Å²) in [6, 6.07) is 10.1. The topological polar surface area (TPSA) is 26.0 Å². The standard InChI is InChI=1S/C13H10BrF2N/c14-11-7-9(4-5-12(11)16)13(17)8-2-1-3-10(15)6-8/h1-7,13H,17H2. The molecule has 0 radical (unpaired) electrons. The number of benzene rings is 2. The van der Waals surface area contributed by atoms with Gasteiger partial charge in [-0.2, -0.15) is 0 Å². The van der Waals surface area contributed by atoms with Crippen LogP contribution >= 0.6 is 15.9 Å². The van der Waals surface area contributed by atoms with Gasteiger partial charge in [0.15, 0.2) is 0 Å². The maximum atomic E-state index is 13.1. The molecule has 0 saturated heterocycles. The third kappa shape index (κ3) is 2.70. The summed E-state index contributed by atoms with van der Waals surface area (Å²) in [6.45, 7) is 0. The monoisotopic (exact) mass is 297 g/mol. The summed E-state index contributed by atoms with van der Waals surface area (Å²) in [5.41, 5.74) is 7.38. The molecule has 0 aromatic heterocycles. The highest BCUT2D eigenvalue weighted by molar-refractivity contribution is 9.10. The van der Waals surface area contributed by atoms with Crippen LogP contribution in [0.4, 0.5) is 8.78 Å². The molecular formula is C13H10BrF2N. The van der Waals surface area contributed by atoms with Gasteiger partial charge in [-0.3, -0.25) is 0 Å². The molecule has 0 saturated carbocycles. The second-order valence-electron chi connectivity index (χ2n) is 3.71. The molecule has 0 heterocycles. The molecule has 0 aliphatic heterocycles. The molecule has 0 fully saturated rings. The largest absolute Gasteiger partial charge is 0.320 e. The molecule has 2 rings (SSSR count). The van der Waals surface area contributed by atoms with Crippen molar-refractivity contribution in [3.05, 3.63) is 69.7 Å². The molecule has 0 amide bonds. The zero-order chi connectivity index (χ0) is 12.4. The number of hydrogen-bond donors (Lipinski definition) is 1. The molecule has 1 unspecified atom stereocenters. The van der Waals surface area contributed by atoms with Crippen LogP contribution in [0.5, 0.6) is 0 Å². The molecule has 88 valence electrons. The van der Waals surface area contributed by atoms with Crippen molar-refractivity contribution in [2.45, 2.75) is 6.04 Å². The van der Waals surface area contributed by atoms with Gasteiger partial charge in [-0.25, -0.2) is 8.78 Å². The molecular weight excluding hydrogens is 288 g/mol. The zero-order valence-corrected chi connectivity index (χ0v) is 10.4. The van der Waals surface area contributed by atoms with Crippen LogP contribution in [0.2, 0.25) is 0 Å². The van der Waals surface area contributed by atoms with E-state index in [9.17, 15) is 8.78 Å². The van der Waals surface area contributed by atoms with Crippen LogP contribution in [0, 0.1) is 11.6 Å². The van der Waals surface area contributed by atoms with Gasteiger partial charge in [-0.05, 0) is 51.3 Å². The molecule has 4 heteroatoms. The summed E-state index contributed by atoms with van der Waals surface area (Å²) < 4.78 is 26.5. The van der Waals surface area contributed by atoms with Gasteiger partial charge >= 0.3 is 0 Å². The summed E-state index contributed by atoms with van der Waals surface area (Å²) in [5, 5.41) is 0. The van der Waals surface area contributed by atoms with E-state index in [-0.39, 0.29) is 11.6 Å². The number of rotatable bonds is 2. The Bertz CT molecular complexity index is 543. The second-order valence-corrected chi connectivity index (χ2v) is 4.56. The molecule has 0 bridgehead atoms. The van der Waals surface area contributed by atoms with Gasteiger partial charge in [0.05, 0.1) is 10.5 Å². The Kier molecular flexibility index (Phi) is 3.54. The average molecular weight is 298 g/mol. The highest BCUT2D eigenvalue weighted by atomic mass is 79.9. The van der Waals surface area contributed by atoms with Crippen molar-refractivity contribution in [1.29, 1.82) is 0 Å². The van der Waals surface area contributed by atoms with E-state index in [0.717, 1.165) is 5.56 Å². The first kappa shape index (κ1) is 12.2. The first-order chi connectivity index (χ1) is 8.08. The molecule has 2 aromatic carbocycles. The SMILES string of the molecule is NC(c1cccc(F)c1)c1ccc(F)c(Br)c1. The fourth-order valence-corrected chi connectivity index (χ4v) is 1.99. The van der Waals surface area contributed by atoms with E-state index >= 15 is 0 Å². The van der Waals surface area contributed by atoms with Gasteiger partial charge in [0.2, 0.25) is 0 Å². The van der Waals surface area contributed by atoms with Crippen LogP contribution in [-0.2, 0) is 0 Å². The summed E-state index contributed by atoms with van der Waals surface area (Å²) >= 11 is 3.10. The molecule has 17 heavy (non-hydrogen) atoms. The minimum Gasteiger partial charge on any atom is -0.320 e. The molecule has 2 N–H and O–H groups in total. The fraction of sp³-hybridized carbons (Fsp3) is 0.0769. The predicted octanol–water partition coefficient (Wildman–Crippen LogP) is 3.78. The van der Waals surface area contributed by atoms with Gasteiger partial charge in [0, 0.05) is 0 Å². The highest BCUT2D eigenvalue weighted by Gasteiger charge is 2.11. The van der Waals surface area contributed by atoms with Crippen molar-refractivity contribution in [3.8, 4) is 0 Å². The summed E-state index contributed by atoms with van der Waals surface area (Å²) in [6.07, 6.45) is 0. The van der Waals surface area contributed by atoms with Crippen molar-refractivity contribution < 1.29 is 8.78 Å². The molecule has 0 aliphatic rings. The lowest BCUT2D eigenvalue weighted by Gasteiger charge is -2.13. The van der Waals surface area contributed by atoms with Crippen molar-refractivity contribution in [2.75, 3.05) is 0 Å². The van der Waals surface area contributed by atoms with Crippen LogP contribution in [0.15, 0.2) is 46.9 Å². The lowest BCUT2D eigenvalue weighted by atomic mass is 10.00. The van der Waals surface area contributed by atoms with Crippen molar-refractivity contribution in [3.63, 3.8) is 0 Å². The van der Waals surface area contributed by atoms with Crippen LogP contribution in [0.25, 0.3) is 0 Å². The van der Waals surface area contributed by atoms with E-state index in [4.69, 9.17) is 5.73 Å². The first-order valence-electron chi connectivity index (χ1n) is 5.04. The second kappa shape index (κ2) is 4.94. The normalized spacial score (nSPS) is 12.5. The van der Waals surface area contributed by atoms with Crippen LogP contribution in [0.3, 0.4) is 0 Å². The Morgan fingerprint density at radius 3 is 2.35 bits per heavy atom. The van der Waals surface area contributed by atoms with Gasteiger partial charge in [-0.1, -0.05) is 18.2 Å². The highest BCUT2D eigenvalue weighted by Crippen LogP contribution is 2.24. The Hall–Kier alpha value is -1.26. The molecule has 1 nitrogen and oxygen atoms in total. The maximum Gasteiger partial charge on any atom is 0.137 e. The Labute approximate surface area is 106 Å².